The fourth-order valence-corrected chi connectivity index (χ4v) is 3.17. The summed E-state index contributed by atoms with van der Waals surface area (Å²) in [7, 11) is 0. The predicted octanol–water partition coefficient (Wildman–Crippen LogP) is 2.68. The first-order valence-corrected chi connectivity index (χ1v) is 7.93. The number of hydrogen-bond acceptors (Lipinski definition) is 3. The zero-order valence-electron chi connectivity index (χ0n) is 13.8. The fraction of sp³-hybridized carbons (Fsp3) is 0.353. The first kappa shape index (κ1) is 18.0. The summed E-state index contributed by atoms with van der Waals surface area (Å²) in [5.74, 6) is -3.06. The molecule has 1 aliphatic rings. The summed E-state index contributed by atoms with van der Waals surface area (Å²) in [6.45, 7) is 1.62. The maximum Gasteiger partial charge on any atom is 0.434 e. The molecular weight excluding hydrogens is 351 g/mol. The highest BCUT2D eigenvalue weighted by Crippen LogP contribution is 2.35. The van der Waals surface area contributed by atoms with Crippen LogP contribution in [0.3, 0.4) is 0 Å². The van der Waals surface area contributed by atoms with E-state index >= 15 is 0 Å². The van der Waals surface area contributed by atoms with Crippen LogP contribution in [-0.2, 0) is 11.0 Å². The topological polar surface area (TPSA) is 75.4 Å². The Kier molecular flexibility index (Phi) is 4.47. The van der Waals surface area contributed by atoms with Crippen molar-refractivity contribution in [3.8, 4) is 5.69 Å². The van der Waals surface area contributed by atoms with Gasteiger partial charge in [0.05, 0.1) is 23.4 Å². The van der Waals surface area contributed by atoms with Crippen LogP contribution < -0.4 is 0 Å². The molecule has 1 aromatic carbocycles. The van der Waals surface area contributed by atoms with Crippen LogP contribution in [-0.4, -0.2) is 44.8 Å². The summed E-state index contributed by atoms with van der Waals surface area (Å²) in [4.78, 5) is 25.0. The summed E-state index contributed by atoms with van der Waals surface area (Å²) < 4.78 is 41.6. The first-order chi connectivity index (χ1) is 12.2. The maximum absolute atomic E-state index is 13.6. The summed E-state index contributed by atoms with van der Waals surface area (Å²) in [6.07, 6.45) is -3.91. The number of aromatic nitrogens is 2. The van der Waals surface area contributed by atoms with Gasteiger partial charge in [-0.25, -0.2) is 4.68 Å². The van der Waals surface area contributed by atoms with Crippen molar-refractivity contribution in [1.29, 1.82) is 0 Å². The zero-order valence-corrected chi connectivity index (χ0v) is 13.8. The molecule has 0 unspecified atom stereocenters. The van der Waals surface area contributed by atoms with Crippen molar-refractivity contribution in [3.63, 3.8) is 0 Å². The van der Waals surface area contributed by atoms with Crippen LogP contribution in [0.5, 0.6) is 0 Å². The lowest BCUT2D eigenvalue weighted by Gasteiger charge is -2.17. The van der Waals surface area contributed by atoms with Gasteiger partial charge in [0.15, 0.2) is 5.69 Å². The predicted molar refractivity (Wildman–Crippen MR) is 84.8 cm³/mol. The van der Waals surface area contributed by atoms with E-state index in [2.05, 4.69) is 5.10 Å². The van der Waals surface area contributed by atoms with Crippen molar-refractivity contribution in [1.82, 2.24) is 14.7 Å². The molecule has 2 aromatic rings. The SMILES string of the molecule is C[C@@H]1CN(C(=O)c2cnn(-c3ccccc3)c2C(F)(F)F)C[C@H]1C(=O)O. The third-order valence-corrected chi connectivity index (χ3v) is 4.49. The van der Waals surface area contributed by atoms with Crippen LogP contribution in [0.15, 0.2) is 36.5 Å². The monoisotopic (exact) mass is 367 g/mol. The number of para-hydroxylation sites is 1. The molecule has 0 spiro atoms. The fourth-order valence-electron chi connectivity index (χ4n) is 3.17. The number of alkyl halides is 3. The number of likely N-dealkylation sites (tertiary alicyclic amines) is 1. The molecule has 0 radical (unpaired) electrons. The highest BCUT2D eigenvalue weighted by atomic mass is 19.4. The van der Waals surface area contributed by atoms with E-state index in [0.29, 0.717) is 4.68 Å². The van der Waals surface area contributed by atoms with Crippen molar-refractivity contribution in [3.05, 3.63) is 47.8 Å². The number of amides is 1. The number of carbonyl (C=O) groups is 2. The zero-order chi connectivity index (χ0) is 19.1. The van der Waals surface area contributed by atoms with E-state index in [9.17, 15) is 22.8 Å². The van der Waals surface area contributed by atoms with E-state index in [1.54, 1.807) is 25.1 Å². The number of carboxylic acid groups (broad SMARTS) is 1. The largest absolute Gasteiger partial charge is 0.481 e. The molecule has 0 bridgehead atoms. The Morgan fingerprint density at radius 2 is 1.85 bits per heavy atom. The van der Waals surface area contributed by atoms with E-state index in [-0.39, 0.29) is 24.7 Å². The van der Waals surface area contributed by atoms with Crippen LogP contribution >= 0.6 is 0 Å². The number of carboxylic acids is 1. The van der Waals surface area contributed by atoms with Crippen molar-refractivity contribution in [2.45, 2.75) is 13.1 Å². The minimum atomic E-state index is -4.80. The van der Waals surface area contributed by atoms with Crippen molar-refractivity contribution in [2.24, 2.45) is 11.8 Å². The van der Waals surface area contributed by atoms with Gasteiger partial charge in [-0.1, -0.05) is 25.1 Å². The second-order valence-electron chi connectivity index (χ2n) is 6.28. The molecule has 26 heavy (non-hydrogen) atoms. The molecule has 2 heterocycles. The van der Waals surface area contributed by atoms with E-state index < -0.39 is 35.2 Å². The average Bonchev–Trinajstić information content (AvgIpc) is 3.18. The lowest BCUT2D eigenvalue weighted by atomic mass is 9.99. The van der Waals surface area contributed by atoms with E-state index in [4.69, 9.17) is 5.11 Å². The maximum atomic E-state index is 13.6. The number of nitrogens with zero attached hydrogens (tertiary/aromatic N) is 3. The molecule has 1 amide bonds. The molecule has 138 valence electrons. The summed E-state index contributed by atoms with van der Waals surface area (Å²) in [5, 5.41) is 12.9. The quantitative estimate of drug-likeness (QED) is 0.905. The molecule has 1 N–H and O–H groups in total. The standard InChI is InChI=1S/C17H16F3N3O3/c1-10-8-22(9-13(10)16(25)26)15(24)12-7-21-23(14(12)17(18,19)20)11-5-3-2-4-6-11/h2-7,10,13H,8-9H2,1H3,(H,25,26)/t10-,13-/m1/s1. The molecule has 1 fully saturated rings. The molecule has 1 aliphatic heterocycles. The number of aliphatic carboxylic acids is 1. The van der Waals surface area contributed by atoms with E-state index in [0.717, 1.165) is 11.1 Å². The Balaban J connectivity index is 2.00. The first-order valence-electron chi connectivity index (χ1n) is 7.93. The Hall–Kier alpha value is -2.84. The highest BCUT2D eigenvalue weighted by Gasteiger charge is 2.44. The van der Waals surface area contributed by atoms with Crippen LogP contribution in [0.1, 0.15) is 23.0 Å². The van der Waals surface area contributed by atoms with Crippen LogP contribution in [0, 0.1) is 11.8 Å². The van der Waals surface area contributed by atoms with Crippen LogP contribution in [0.25, 0.3) is 5.69 Å². The van der Waals surface area contributed by atoms with Crippen LogP contribution in [0.2, 0.25) is 0 Å². The molecule has 0 aliphatic carbocycles. The Bertz CT molecular complexity index is 833. The summed E-state index contributed by atoms with van der Waals surface area (Å²) in [6, 6.07) is 7.70. The molecule has 1 saturated heterocycles. The molecular formula is C17H16F3N3O3. The van der Waals surface area contributed by atoms with Gasteiger partial charge in [-0.3, -0.25) is 9.59 Å². The molecule has 0 saturated carbocycles. The van der Waals surface area contributed by atoms with Gasteiger partial charge in [-0.15, -0.1) is 0 Å². The van der Waals surface area contributed by atoms with Crippen molar-refractivity contribution >= 4 is 11.9 Å². The number of benzene rings is 1. The number of hydrogen-bond donors (Lipinski definition) is 1. The van der Waals surface area contributed by atoms with E-state index in [1.165, 1.54) is 12.1 Å². The van der Waals surface area contributed by atoms with Gasteiger partial charge in [0.2, 0.25) is 0 Å². The van der Waals surface area contributed by atoms with E-state index in [1.807, 2.05) is 0 Å². The third kappa shape index (κ3) is 3.16. The highest BCUT2D eigenvalue weighted by molar-refractivity contribution is 5.96. The van der Waals surface area contributed by atoms with Crippen LogP contribution in [0.4, 0.5) is 13.2 Å². The van der Waals surface area contributed by atoms with Gasteiger partial charge in [0.25, 0.3) is 5.91 Å². The molecule has 1 aromatic heterocycles. The van der Waals surface area contributed by atoms with Gasteiger partial charge in [-0.2, -0.15) is 18.3 Å². The van der Waals surface area contributed by atoms with Gasteiger partial charge >= 0.3 is 12.1 Å². The normalized spacial score (nSPS) is 20.4. The Morgan fingerprint density at radius 1 is 1.19 bits per heavy atom. The van der Waals surface area contributed by atoms with Gasteiger partial charge in [0, 0.05) is 13.1 Å². The third-order valence-electron chi connectivity index (χ3n) is 4.49. The second-order valence-corrected chi connectivity index (χ2v) is 6.28. The second kappa shape index (κ2) is 6.47. The van der Waals surface area contributed by atoms with Gasteiger partial charge < -0.3 is 10.0 Å². The minimum absolute atomic E-state index is 0.0869. The van der Waals surface area contributed by atoms with Crippen molar-refractivity contribution in [2.75, 3.05) is 13.1 Å². The molecule has 3 rings (SSSR count). The molecule has 9 heteroatoms. The minimum Gasteiger partial charge on any atom is -0.481 e. The van der Waals surface area contributed by atoms with Gasteiger partial charge in [-0.05, 0) is 18.1 Å². The van der Waals surface area contributed by atoms with Gasteiger partial charge in [0.1, 0.15) is 0 Å². The molecule has 6 nitrogen and oxygen atoms in total. The lowest BCUT2D eigenvalue weighted by Crippen LogP contribution is -2.31. The number of halogens is 3. The Labute approximate surface area is 146 Å². The lowest BCUT2D eigenvalue weighted by molar-refractivity contribution is -0.144. The molecule has 2 atom stereocenters. The number of carbonyl (C=O) groups excluding carboxylic acids is 1. The number of rotatable bonds is 3. The van der Waals surface area contributed by atoms with Crippen molar-refractivity contribution < 1.29 is 27.9 Å². The summed E-state index contributed by atoms with van der Waals surface area (Å²) >= 11 is 0. The smallest absolute Gasteiger partial charge is 0.434 e. The average molecular weight is 367 g/mol. The summed E-state index contributed by atoms with van der Waals surface area (Å²) in [5.41, 5.74) is -1.57. The Morgan fingerprint density at radius 3 is 2.38 bits per heavy atom.